The topological polar surface area (TPSA) is 183 Å². The van der Waals surface area contributed by atoms with Crippen LogP contribution in [0.5, 0.6) is 0 Å². The Balaban J connectivity index is 0.00000420. The molecule has 10 nitrogen and oxygen atoms in total. The average molecular weight is 453 g/mol. The standard InChI is InChI=1S/C16H14O10S2.Na/c17-13(15(19)27(21,22)23)11-5-1-9(2-6-11)10-3-7-12(8-4-10)14(18)16(20)28(24,25)26;/h1-8,15-16,19-20H,(H,21,22,23)(H,24,25,26);. The minimum atomic E-state index is -4.95. The second-order valence-corrected chi connectivity index (χ2v) is 8.57. The van der Waals surface area contributed by atoms with Crippen LogP contribution in [0.15, 0.2) is 48.5 Å². The van der Waals surface area contributed by atoms with Gasteiger partial charge in [0, 0.05) is 40.7 Å². The summed E-state index contributed by atoms with van der Waals surface area (Å²) < 4.78 is 60.7. The SMILES string of the molecule is O=C(c1ccc(-c2ccc(C(=O)C(O)S(=O)(=O)O)cc2)cc1)C(O)S(=O)(=O)O.[Na]. The average Bonchev–Trinajstić information content (AvgIpc) is 2.64. The van der Waals surface area contributed by atoms with E-state index in [1.54, 1.807) is 0 Å². The second kappa shape index (κ2) is 9.55. The molecule has 2 atom stereocenters. The molecule has 0 amide bonds. The maximum absolute atomic E-state index is 11.8. The van der Waals surface area contributed by atoms with Crippen molar-refractivity contribution >= 4 is 61.4 Å². The molecule has 151 valence electrons. The van der Waals surface area contributed by atoms with Gasteiger partial charge in [0.15, 0.2) is 0 Å². The summed E-state index contributed by atoms with van der Waals surface area (Å²) >= 11 is 0. The molecule has 0 fully saturated rings. The molecule has 0 heterocycles. The molecule has 2 aromatic carbocycles. The van der Waals surface area contributed by atoms with Gasteiger partial charge < -0.3 is 10.2 Å². The van der Waals surface area contributed by atoms with Gasteiger partial charge in [-0.3, -0.25) is 18.7 Å². The summed E-state index contributed by atoms with van der Waals surface area (Å²) in [7, 11) is -9.90. The van der Waals surface area contributed by atoms with Gasteiger partial charge in [0.2, 0.25) is 22.4 Å². The van der Waals surface area contributed by atoms with E-state index < -0.39 is 42.7 Å². The van der Waals surface area contributed by atoms with Crippen LogP contribution in [0, 0.1) is 0 Å². The third-order valence-corrected chi connectivity index (χ3v) is 5.24. The van der Waals surface area contributed by atoms with E-state index >= 15 is 0 Å². The van der Waals surface area contributed by atoms with Gasteiger partial charge in [-0.25, -0.2) is 0 Å². The van der Waals surface area contributed by atoms with Crippen molar-refractivity contribution in [2.45, 2.75) is 10.9 Å². The van der Waals surface area contributed by atoms with Crippen LogP contribution in [0.3, 0.4) is 0 Å². The summed E-state index contributed by atoms with van der Waals surface area (Å²) in [4.78, 5) is 23.6. The summed E-state index contributed by atoms with van der Waals surface area (Å²) in [6.45, 7) is 0. The van der Waals surface area contributed by atoms with Crippen LogP contribution in [-0.2, 0) is 20.2 Å². The zero-order valence-corrected chi connectivity index (χ0v) is 18.5. The normalized spacial score (nSPS) is 13.8. The van der Waals surface area contributed by atoms with E-state index in [0.717, 1.165) is 0 Å². The summed E-state index contributed by atoms with van der Waals surface area (Å²) in [5.41, 5.74) is -4.50. The first-order valence-corrected chi connectivity index (χ1v) is 10.4. The number of rotatable bonds is 7. The predicted molar refractivity (Wildman–Crippen MR) is 101 cm³/mol. The van der Waals surface area contributed by atoms with Gasteiger partial charge in [0.1, 0.15) is 0 Å². The van der Waals surface area contributed by atoms with Crippen molar-refractivity contribution in [1.29, 1.82) is 0 Å². The van der Waals surface area contributed by atoms with Gasteiger partial charge in [-0.05, 0) is 11.1 Å². The first kappa shape index (κ1) is 25.6. The molecule has 2 rings (SSSR count). The van der Waals surface area contributed by atoms with Crippen molar-refractivity contribution in [3.05, 3.63) is 59.7 Å². The summed E-state index contributed by atoms with van der Waals surface area (Å²) in [5, 5.41) is 18.6. The van der Waals surface area contributed by atoms with Crippen molar-refractivity contribution in [2.24, 2.45) is 0 Å². The van der Waals surface area contributed by atoms with Gasteiger partial charge in [0.25, 0.3) is 20.2 Å². The Morgan fingerprint density at radius 3 is 1.07 bits per heavy atom. The third-order valence-electron chi connectivity index (χ3n) is 3.69. The molecular weight excluding hydrogens is 439 g/mol. The molecule has 0 aliphatic carbocycles. The van der Waals surface area contributed by atoms with Crippen molar-refractivity contribution in [2.75, 3.05) is 0 Å². The Morgan fingerprint density at radius 2 is 0.862 bits per heavy atom. The molecule has 0 aromatic heterocycles. The monoisotopic (exact) mass is 453 g/mol. The van der Waals surface area contributed by atoms with Gasteiger partial charge in [0.05, 0.1) is 0 Å². The number of carbonyl (C=O) groups is 2. The number of benzene rings is 2. The van der Waals surface area contributed by atoms with E-state index in [9.17, 15) is 36.6 Å². The van der Waals surface area contributed by atoms with Crippen LogP contribution in [0.2, 0.25) is 0 Å². The largest absolute Gasteiger partial charge is 0.369 e. The molecule has 4 N–H and O–H groups in total. The number of hydrogen-bond acceptors (Lipinski definition) is 8. The minimum Gasteiger partial charge on any atom is -0.369 e. The molecule has 13 heteroatoms. The third kappa shape index (κ3) is 6.25. The predicted octanol–water partition coefficient (Wildman–Crippen LogP) is -0.249. The maximum atomic E-state index is 11.8. The number of hydrogen-bond donors (Lipinski definition) is 4. The first-order chi connectivity index (χ1) is 12.8. The summed E-state index contributed by atoms with van der Waals surface area (Å²) in [5.74, 6) is -2.43. The number of aliphatic hydroxyl groups is 2. The number of aliphatic hydroxyl groups excluding tert-OH is 2. The smallest absolute Gasteiger partial charge is 0.299 e. The molecule has 0 saturated carbocycles. The van der Waals surface area contributed by atoms with Gasteiger partial charge in [-0.1, -0.05) is 48.5 Å². The quantitative estimate of drug-likeness (QED) is 0.248. The van der Waals surface area contributed by atoms with E-state index in [0.29, 0.717) is 11.1 Å². The van der Waals surface area contributed by atoms with Crippen LogP contribution >= 0.6 is 0 Å². The maximum Gasteiger partial charge on any atom is 0.299 e. The van der Waals surface area contributed by atoms with Crippen LogP contribution < -0.4 is 0 Å². The fraction of sp³-hybridized carbons (Fsp3) is 0.125. The Morgan fingerprint density at radius 1 is 0.621 bits per heavy atom. The minimum absolute atomic E-state index is 0. The van der Waals surface area contributed by atoms with E-state index in [1.165, 1.54) is 48.5 Å². The van der Waals surface area contributed by atoms with Crippen molar-refractivity contribution < 1.29 is 45.7 Å². The van der Waals surface area contributed by atoms with Crippen molar-refractivity contribution in [3.8, 4) is 11.1 Å². The molecule has 0 saturated heterocycles. The Kier molecular flexibility index (Phi) is 8.42. The van der Waals surface area contributed by atoms with E-state index in [2.05, 4.69) is 0 Å². The fourth-order valence-corrected chi connectivity index (χ4v) is 3.02. The molecule has 0 bridgehead atoms. The van der Waals surface area contributed by atoms with Crippen molar-refractivity contribution in [3.63, 3.8) is 0 Å². The summed E-state index contributed by atoms with van der Waals surface area (Å²) in [6.07, 6.45) is 0. The first-order valence-electron chi connectivity index (χ1n) is 7.40. The second-order valence-electron chi connectivity index (χ2n) is 5.62. The number of Topliss-reactive ketones (excluding diaryl/α,β-unsaturated/α-hetero) is 2. The Labute approximate surface area is 188 Å². The molecule has 29 heavy (non-hydrogen) atoms. The molecule has 1 radical (unpaired) electrons. The number of carbonyl (C=O) groups excluding carboxylic acids is 2. The van der Waals surface area contributed by atoms with E-state index in [-0.39, 0.29) is 40.7 Å². The Hall–Kier alpha value is -1.48. The van der Waals surface area contributed by atoms with Gasteiger partial charge >= 0.3 is 0 Å². The number of ketones is 2. The molecule has 0 aliphatic heterocycles. The summed E-state index contributed by atoms with van der Waals surface area (Å²) in [6, 6.07) is 10.5. The van der Waals surface area contributed by atoms with Crippen LogP contribution in [0.1, 0.15) is 20.7 Å². The molecule has 0 spiro atoms. The van der Waals surface area contributed by atoms with Crippen LogP contribution in [0.4, 0.5) is 0 Å². The zero-order valence-electron chi connectivity index (χ0n) is 14.8. The van der Waals surface area contributed by atoms with E-state index in [4.69, 9.17) is 9.11 Å². The van der Waals surface area contributed by atoms with Crippen LogP contribution in [-0.4, -0.2) is 88.1 Å². The fourth-order valence-electron chi connectivity index (χ4n) is 2.21. The molecule has 2 aromatic rings. The Bertz CT molecular complexity index is 1020. The van der Waals surface area contributed by atoms with Gasteiger partial charge in [-0.15, -0.1) is 0 Å². The van der Waals surface area contributed by atoms with Crippen LogP contribution in [0.25, 0.3) is 11.1 Å². The van der Waals surface area contributed by atoms with Crippen molar-refractivity contribution in [1.82, 2.24) is 0 Å². The zero-order chi connectivity index (χ0) is 21.3. The molecular formula is C16H14NaO10S2. The molecule has 2 unspecified atom stereocenters. The van der Waals surface area contributed by atoms with E-state index in [1.807, 2.05) is 0 Å². The molecule has 0 aliphatic rings. The van der Waals surface area contributed by atoms with Gasteiger partial charge in [-0.2, -0.15) is 16.8 Å².